The lowest BCUT2D eigenvalue weighted by Crippen LogP contribution is -2.52. The van der Waals surface area contributed by atoms with Crippen molar-refractivity contribution in [1.82, 2.24) is 10.2 Å². The lowest BCUT2D eigenvalue weighted by molar-refractivity contribution is -0.140. The molecule has 0 heterocycles. The molecule has 0 aliphatic rings. The SMILES string of the molecule is CCNC(=O)[C@@H](CC)N(Cc1ccccc1C)C(=O)CN(c1cc(Cl)ccc1OC)S(=O)(=O)c1ccc(OC)c(OC)c1. The average Bonchev–Trinajstić information content (AvgIpc) is 3.00. The number of likely N-dealkylation sites (N-methyl/N-ethyl adjacent to an activating group) is 1. The van der Waals surface area contributed by atoms with Crippen molar-refractivity contribution in [3.63, 3.8) is 0 Å². The van der Waals surface area contributed by atoms with Crippen molar-refractivity contribution in [2.24, 2.45) is 0 Å². The summed E-state index contributed by atoms with van der Waals surface area (Å²) in [7, 11) is -0.197. The Morgan fingerprint density at radius 2 is 1.56 bits per heavy atom. The summed E-state index contributed by atoms with van der Waals surface area (Å²) in [4.78, 5) is 28.7. The van der Waals surface area contributed by atoms with Gasteiger partial charge in [-0.15, -0.1) is 0 Å². The molecule has 0 saturated carbocycles. The number of methoxy groups -OCH3 is 3. The second kappa shape index (κ2) is 15.0. The van der Waals surface area contributed by atoms with Gasteiger partial charge in [0.05, 0.1) is 31.9 Å². The molecule has 0 radical (unpaired) electrons. The molecule has 2 amide bonds. The van der Waals surface area contributed by atoms with Gasteiger partial charge in [0.25, 0.3) is 10.0 Å². The van der Waals surface area contributed by atoms with Crippen LogP contribution in [0.25, 0.3) is 0 Å². The molecule has 0 spiro atoms. The highest BCUT2D eigenvalue weighted by Gasteiger charge is 2.35. The van der Waals surface area contributed by atoms with Gasteiger partial charge in [-0.1, -0.05) is 42.8 Å². The molecule has 0 fully saturated rings. The number of rotatable bonds is 14. The Morgan fingerprint density at radius 3 is 2.16 bits per heavy atom. The number of nitrogens with one attached hydrogen (secondary N) is 1. The van der Waals surface area contributed by atoms with Crippen LogP contribution in [0, 0.1) is 6.92 Å². The molecule has 0 saturated heterocycles. The fourth-order valence-corrected chi connectivity index (χ4v) is 6.26. The van der Waals surface area contributed by atoms with Gasteiger partial charge in [-0.05, 0) is 61.7 Å². The van der Waals surface area contributed by atoms with Crippen molar-refractivity contribution >= 4 is 39.1 Å². The Morgan fingerprint density at radius 1 is 0.907 bits per heavy atom. The van der Waals surface area contributed by atoms with E-state index in [1.165, 1.54) is 56.6 Å². The first-order valence-corrected chi connectivity index (χ1v) is 15.5. The lowest BCUT2D eigenvalue weighted by Gasteiger charge is -2.33. The van der Waals surface area contributed by atoms with Crippen LogP contribution in [-0.2, 0) is 26.2 Å². The quantitative estimate of drug-likeness (QED) is 0.271. The minimum atomic E-state index is -4.42. The minimum Gasteiger partial charge on any atom is -0.495 e. The summed E-state index contributed by atoms with van der Waals surface area (Å²) >= 11 is 6.31. The fourth-order valence-electron chi connectivity index (χ4n) is 4.66. The topological polar surface area (TPSA) is 114 Å². The molecule has 232 valence electrons. The highest BCUT2D eigenvalue weighted by molar-refractivity contribution is 7.92. The molecule has 3 aromatic carbocycles. The van der Waals surface area contributed by atoms with Gasteiger partial charge in [0.1, 0.15) is 18.3 Å². The maximum Gasteiger partial charge on any atom is 0.265 e. The summed E-state index contributed by atoms with van der Waals surface area (Å²) in [6, 6.07) is 15.3. The number of hydrogen-bond donors (Lipinski definition) is 1. The Balaban J connectivity index is 2.19. The van der Waals surface area contributed by atoms with Crippen LogP contribution in [-0.4, -0.2) is 65.6 Å². The first kappa shape index (κ1) is 33.5. The molecular weight excluding hydrogens is 594 g/mol. The van der Waals surface area contributed by atoms with E-state index in [1.807, 2.05) is 31.2 Å². The summed E-state index contributed by atoms with van der Waals surface area (Å²) < 4.78 is 45.7. The molecule has 12 heteroatoms. The number of aryl methyl sites for hydroxylation is 1. The van der Waals surface area contributed by atoms with E-state index in [9.17, 15) is 18.0 Å². The number of hydrogen-bond acceptors (Lipinski definition) is 7. The zero-order valence-corrected chi connectivity index (χ0v) is 26.8. The van der Waals surface area contributed by atoms with Crippen molar-refractivity contribution in [3.05, 3.63) is 76.8 Å². The van der Waals surface area contributed by atoms with Crippen LogP contribution in [0.15, 0.2) is 65.6 Å². The Bertz CT molecular complexity index is 1550. The molecule has 3 rings (SSSR count). The maximum absolute atomic E-state index is 14.3. The van der Waals surface area contributed by atoms with Gasteiger partial charge in [0.15, 0.2) is 11.5 Å². The zero-order valence-electron chi connectivity index (χ0n) is 25.2. The van der Waals surface area contributed by atoms with Crippen molar-refractivity contribution in [1.29, 1.82) is 0 Å². The second-order valence-corrected chi connectivity index (χ2v) is 11.9. The molecule has 0 bridgehead atoms. The van der Waals surface area contributed by atoms with Crippen LogP contribution >= 0.6 is 11.6 Å². The number of carbonyl (C=O) groups is 2. The van der Waals surface area contributed by atoms with E-state index in [1.54, 1.807) is 19.9 Å². The third kappa shape index (κ3) is 7.71. The average molecular weight is 632 g/mol. The smallest absolute Gasteiger partial charge is 0.265 e. The molecule has 0 aliphatic carbocycles. The predicted molar refractivity (Wildman–Crippen MR) is 167 cm³/mol. The largest absolute Gasteiger partial charge is 0.495 e. The Hall–Kier alpha value is -3.96. The molecular formula is C31H38ClN3O7S. The number of nitrogens with zero attached hydrogens (tertiary/aromatic N) is 2. The molecule has 10 nitrogen and oxygen atoms in total. The molecule has 0 aliphatic heterocycles. The number of carbonyl (C=O) groups excluding carboxylic acids is 2. The normalized spacial score (nSPS) is 11.8. The molecule has 3 aromatic rings. The number of anilines is 1. The number of ether oxygens (including phenoxy) is 3. The van der Waals surface area contributed by atoms with Crippen LogP contribution in [0.3, 0.4) is 0 Å². The van der Waals surface area contributed by atoms with Crippen LogP contribution in [0.2, 0.25) is 5.02 Å². The number of benzene rings is 3. The van der Waals surface area contributed by atoms with Crippen molar-refractivity contribution in [3.8, 4) is 17.2 Å². The maximum atomic E-state index is 14.3. The molecule has 1 atom stereocenters. The summed E-state index contributed by atoms with van der Waals surface area (Å²) in [6.07, 6.45) is 0.312. The van der Waals surface area contributed by atoms with Crippen LogP contribution in [0.1, 0.15) is 31.4 Å². The third-order valence-corrected chi connectivity index (χ3v) is 8.96. The van der Waals surface area contributed by atoms with E-state index in [0.29, 0.717) is 18.7 Å². The monoisotopic (exact) mass is 631 g/mol. The number of halogens is 1. The van der Waals surface area contributed by atoms with E-state index in [4.69, 9.17) is 25.8 Å². The van der Waals surface area contributed by atoms with Gasteiger partial charge in [-0.25, -0.2) is 8.42 Å². The van der Waals surface area contributed by atoms with Crippen LogP contribution in [0.4, 0.5) is 5.69 Å². The minimum absolute atomic E-state index is 0.0556. The van der Waals surface area contributed by atoms with E-state index in [0.717, 1.165) is 15.4 Å². The molecule has 0 unspecified atom stereocenters. The summed E-state index contributed by atoms with van der Waals surface area (Å²) in [6.45, 7) is 5.33. The Labute approximate surface area is 258 Å². The zero-order chi connectivity index (χ0) is 31.7. The first-order chi connectivity index (χ1) is 20.5. The summed E-state index contributed by atoms with van der Waals surface area (Å²) in [5.74, 6) is -0.214. The van der Waals surface area contributed by atoms with Crippen molar-refractivity contribution in [2.45, 2.75) is 44.7 Å². The number of sulfonamides is 1. The standard InChI is InChI=1S/C31H38ClN3O7S/c1-7-25(31(37)33-8-2)34(19-22-12-10-9-11-21(22)3)30(36)20-35(26-17-23(32)13-15-27(26)40-4)43(38,39)24-14-16-28(41-5)29(18-24)42-6/h9-18,25H,7-8,19-20H2,1-6H3,(H,33,37)/t25-/m1/s1. The fraction of sp³-hybridized carbons (Fsp3) is 0.355. The highest BCUT2D eigenvalue weighted by atomic mass is 35.5. The Kier molecular flexibility index (Phi) is 11.7. The van der Waals surface area contributed by atoms with Gasteiger partial charge < -0.3 is 24.4 Å². The molecule has 43 heavy (non-hydrogen) atoms. The van der Waals surface area contributed by atoms with Crippen LogP contribution < -0.4 is 23.8 Å². The van der Waals surface area contributed by atoms with E-state index >= 15 is 0 Å². The predicted octanol–water partition coefficient (Wildman–Crippen LogP) is 4.81. The van der Waals surface area contributed by atoms with Gasteiger partial charge in [0, 0.05) is 24.2 Å². The van der Waals surface area contributed by atoms with E-state index in [-0.39, 0.29) is 39.6 Å². The highest BCUT2D eigenvalue weighted by Crippen LogP contribution is 2.37. The molecule has 0 aromatic heterocycles. The summed E-state index contributed by atoms with van der Waals surface area (Å²) in [5.41, 5.74) is 1.81. The van der Waals surface area contributed by atoms with Crippen molar-refractivity contribution in [2.75, 3.05) is 38.7 Å². The van der Waals surface area contributed by atoms with Gasteiger partial charge in [-0.2, -0.15) is 0 Å². The van der Waals surface area contributed by atoms with Gasteiger partial charge in [-0.3, -0.25) is 13.9 Å². The molecule has 1 N–H and O–H groups in total. The second-order valence-electron chi connectivity index (χ2n) is 9.61. The lowest BCUT2D eigenvalue weighted by atomic mass is 10.1. The summed E-state index contributed by atoms with van der Waals surface area (Å²) in [5, 5.41) is 3.03. The van der Waals surface area contributed by atoms with E-state index in [2.05, 4.69) is 5.32 Å². The first-order valence-electron chi connectivity index (χ1n) is 13.7. The van der Waals surface area contributed by atoms with Crippen LogP contribution in [0.5, 0.6) is 17.2 Å². The van der Waals surface area contributed by atoms with Crippen molar-refractivity contribution < 1.29 is 32.2 Å². The van der Waals surface area contributed by atoms with Gasteiger partial charge >= 0.3 is 0 Å². The third-order valence-electron chi connectivity index (χ3n) is 6.97. The van der Waals surface area contributed by atoms with Gasteiger partial charge in [0.2, 0.25) is 11.8 Å². The van der Waals surface area contributed by atoms with E-state index < -0.39 is 28.5 Å². The number of amides is 2.